The third-order valence-corrected chi connectivity index (χ3v) is 4.56. The highest BCUT2D eigenvalue weighted by Gasteiger charge is 2.53. The number of aliphatic carboxylic acids is 1. The lowest BCUT2D eigenvalue weighted by Gasteiger charge is -2.18. The minimum Gasteiger partial charge on any atom is -0.481 e. The first-order valence-corrected chi connectivity index (χ1v) is 7.37. The number of carbonyl (C=O) groups is 2. The number of carboxylic acid groups (broad SMARTS) is 1. The van der Waals surface area contributed by atoms with Gasteiger partial charge in [-0.2, -0.15) is 13.2 Å². The van der Waals surface area contributed by atoms with Crippen LogP contribution in [0, 0.1) is 18.8 Å². The molecule has 122 valence electrons. The monoisotopic (exact) mass is 336 g/mol. The summed E-state index contributed by atoms with van der Waals surface area (Å²) in [4.78, 5) is 25.7. The maximum atomic E-state index is 12.8. The van der Waals surface area contributed by atoms with E-state index in [-0.39, 0.29) is 6.54 Å². The lowest BCUT2D eigenvalue weighted by Crippen LogP contribution is -2.39. The number of rotatable bonds is 3. The summed E-state index contributed by atoms with van der Waals surface area (Å²) < 4.78 is 38.5. The molecule has 1 fully saturated rings. The fourth-order valence-electron chi connectivity index (χ4n) is 2.41. The number of thiophene rings is 1. The minimum atomic E-state index is -4.64. The largest absolute Gasteiger partial charge is 0.481 e. The van der Waals surface area contributed by atoms with Gasteiger partial charge in [0, 0.05) is 22.8 Å². The third-order valence-electron chi connectivity index (χ3n) is 3.55. The Balaban J connectivity index is 1.97. The summed E-state index contributed by atoms with van der Waals surface area (Å²) in [6.07, 6.45) is -4.64. The number of amides is 2. The van der Waals surface area contributed by atoms with Crippen molar-refractivity contribution in [2.45, 2.75) is 19.6 Å². The minimum absolute atomic E-state index is 0.211. The molecule has 1 aromatic heterocycles. The van der Waals surface area contributed by atoms with Crippen LogP contribution in [-0.4, -0.2) is 41.3 Å². The summed E-state index contributed by atoms with van der Waals surface area (Å²) in [5.74, 6) is -5.18. The molecule has 1 aromatic rings. The van der Waals surface area contributed by atoms with Crippen molar-refractivity contribution in [2.24, 2.45) is 11.8 Å². The second kappa shape index (κ2) is 6.15. The number of hydrogen-bond donors (Lipinski definition) is 2. The van der Waals surface area contributed by atoms with Gasteiger partial charge in [0.2, 0.25) is 0 Å². The Kier molecular flexibility index (Phi) is 4.64. The Morgan fingerprint density at radius 3 is 2.55 bits per heavy atom. The number of nitrogens with zero attached hydrogens (tertiary/aromatic N) is 1. The molecule has 0 saturated carbocycles. The molecule has 2 heterocycles. The van der Waals surface area contributed by atoms with E-state index in [1.165, 1.54) is 11.3 Å². The van der Waals surface area contributed by atoms with E-state index in [2.05, 4.69) is 5.32 Å². The smallest absolute Gasteiger partial charge is 0.394 e. The molecule has 0 aromatic carbocycles. The van der Waals surface area contributed by atoms with E-state index < -0.39 is 43.1 Å². The van der Waals surface area contributed by atoms with Crippen LogP contribution in [0.3, 0.4) is 0 Å². The lowest BCUT2D eigenvalue weighted by molar-refractivity contribution is -0.187. The van der Waals surface area contributed by atoms with E-state index in [4.69, 9.17) is 5.11 Å². The SMILES string of the molecule is Cc1ccc(CNC(=O)N2C[C@@H](C(F)(F)F)[C@H](C(=O)O)C2)s1. The van der Waals surface area contributed by atoms with Crippen molar-refractivity contribution in [3.05, 3.63) is 21.9 Å². The number of likely N-dealkylation sites (tertiary alicyclic amines) is 1. The van der Waals surface area contributed by atoms with Gasteiger partial charge < -0.3 is 15.3 Å². The van der Waals surface area contributed by atoms with Crippen LogP contribution < -0.4 is 5.32 Å². The van der Waals surface area contributed by atoms with Gasteiger partial charge in [-0.3, -0.25) is 4.79 Å². The molecule has 2 amide bonds. The van der Waals surface area contributed by atoms with Crippen molar-refractivity contribution in [1.29, 1.82) is 0 Å². The van der Waals surface area contributed by atoms with Gasteiger partial charge in [0.25, 0.3) is 0 Å². The maximum Gasteiger partial charge on any atom is 0.394 e. The quantitative estimate of drug-likeness (QED) is 0.891. The summed E-state index contributed by atoms with van der Waals surface area (Å²) in [7, 11) is 0. The molecular formula is C13H15F3N2O3S. The van der Waals surface area contributed by atoms with E-state index in [1.807, 2.05) is 19.1 Å². The zero-order chi connectivity index (χ0) is 16.5. The van der Waals surface area contributed by atoms with Gasteiger partial charge in [-0.25, -0.2) is 4.79 Å². The number of nitrogens with one attached hydrogen (secondary N) is 1. The second-order valence-electron chi connectivity index (χ2n) is 5.17. The molecule has 1 aliphatic heterocycles. The van der Waals surface area contributed by atoms with Crippen molar-refractivity contribution in [2.75, 3.05) is 13.1 Å². The van der Waals surface area contributed by atoms with E-state index in [9.17, 15) is 22.8 Å². The Hall–Kier alpha value is -1.77. The van der Waals surface area contributed by atoms with Gasteiger partial charge in [0.1, 0.15) is 0 Å². The number of halogens is 3. The number of urea groups is 1. The average Bonchev–Trinajstić information content (AvgIpc) is 3.01. The van der Waals surface area contributed by atoms with Crippen LogP contribution in [0.4, 0.5) is 18.0 Å². The molecule has 2 N–H and O–H groups in total. The normalized spacial score (nSPS) is 21.9. The summed E-state index contributed by atoms with van der Waals surface area (Å²) in [5, 5.41) is 11.4. The van der Waals surface area contributed by atoms with E-state index in [1.54, 1.807) is 0 Å². The molecule has 2 atom stereocenters. The van der Waals surface area contributed by atoms with Crippen LogP contribution in [0.5, 0.6) is 0 Å². The van der Waals surface area contributed by atoms with E-state index in [0.717, 1.165) is 14.7 Å². The van der Waals surface area contributed by atoms with Crippen molar-refractivity contribution < 1.29 is 27.9 Å². The molecule has 5 nitrogen and oxygen atoms in total. The first-order chi connectivity index (χ1) is 10.2. The zero-order valence-electron chi connectivity index (χ0n) is 11.7. The predicted octanol–water partition coefficient (Wildman–Crippen LogP) is 2.46. The van der Waals surface area contributed by atoms with Crippen LogP contribution in [-0.2, 0) is 11.3 Å². The van der Waals surface area contributed by atoms with Crippen molar-refractivity contribution in [3.8, 4) is 0 Å². The predicted molar refractivity (Wildman–Crippen MR) is 73.5 cm³/mol. The number of carbonyl (C=O) groups excluding carboxylic acids is 1. The molecule has 2 rings (SSSR count). The number of hydrogen-bond acceptors (Lipinski definition) is 3. The van der Waals surface area contributed by atoms with Crippen LogP contribution in [0.1, 0.15) is 9.75 Å². The second-order valence-corrected chi connectivity index (χ2v) is 6.54. The molecular weight excluding hydrogens is 321 g/mol. The number of carboxylic acids is 1. The standard InChI is InChI=1S/C13H15F3N2O3S/c1-7-2-3-8(22-7)4-17-12(21)18-5-9(11(19)20)10(6-18)13(14,15)16/h2-3,9-10H,4-6H2,1H3,(H,17,21)(H,19,20)/t9-,10-/m1/s1. The van der Waals surface area contributed by atoms with E-state index in [0.29, 0.717) is 0 Å². The van der Waals surface area contributed by atoms with E-state index >= 15 is 0 Å². The van der Waals surface area contributed by atoms with Crippen LogP contribution in [0.2, 0.25) is 0 Å². The van der Waals surface area contributed by atoms with Crippen LogP contribution in [0.15, 0.2) is 12.1 Å². The van der Waals surface area contributed by atoms with Crippen molar-refractivity contribution >= 4 is 23.3 Å². The highest BCUT2D eigenvalue weighted by molar-refractivity contribution is 7.11. The summed E-state index contributed by atoms with van der Waals surface area (Å²) >= 11 is 1.48. The third kappa shape index (κ3) is 3.70. The maximum absolute atomic E-state index is 12.8. The molecule has 1 aliphatic rings. The lowest BCUT2D eigenvalue weighted by atomic mass is 9.96. The van der Waals surface area contributed by atoms with Gasteiger partial charge in [-0.1, -0.05) is 0 Å². The molecule has 0 bridgehead atoms. The summed E-state index contributed by atoms with van der Waals surface area (Å²) in [5.41, 5.74) is 0. The molecule has 0 radical (unpaired) electrons. The molecule has 0 aliphatic carbocycles. The fraction of sp³-hybridized carbons (Fsp3) is 0.538. The Bertz CT molecular complexity index is 573. The van der Waals surface area contributed by atoms with Crippen LogP contribution in [0.25, 0.3) is 0 Å². The molecule has 0 spiro atoms. The Morgan fingerprint density at radius 2 is 2.09 bits per heavy atom. The molecule has 0 unspecified atom stereocenters. The van der Waals surface area contributed by atoms with Crippen molar-refractivity contribution in [3.63, 3.8) is 0 Å². The molecule has 1 saturated heterocycles. The molecule has 22 heavy (non-hydrogen) atoms. The fourth-order valence-corrected chi connectivity index (χ4v) is 3.24. The summed E-state index contributed by atoms with van der Waals surface area (Å²) in [6, 6.07) is 3.02. The number of aryl methyl sites for hydroxylation is 1. The first-order valence-electron chi connectivity index (χ1n) is 6.56. The topological polar surface area (TPSA) is 69.6 Å². The van der Waals surface area contributed by atoms with Gasteiger partial charge in [0.05, 0.1) is 18.4 Å². The average molecular weight is 336 g/mol. The van der Waals surface area contributed by atoms with Gasteiger partial charge >= 0.3 is 18.2 Å². The highest BCUT2D eigenvalue weighted by Crippen LogP contribution is 2.37. The highest BCUT2D eigenvalue weighted by atomic mass is 32.1. The molecule has 9 heteroatoms. The summed E-state index contributed by atoms with van der Waals surface area (Å²) in [6.45, 7) is 1.05. The number of alkyl halides is 3. The Labute approximate surface area is 128 Å². The zero-order valence-corrected chi connectivity index (χ0v) is 12.5. The Morgan fingerprint density at radius 1 is 1.41 bits per heavy atom. The van der Waals surface area contributed by atoms with Crippen molar-refractivity contribution in [1.82, 2.24) is 10.2 Å². The van der Waals surface area contributed by atoms with Crippen LogP contribution >= 0.6 is 11.3 Å². The van der Waals surface area contributed by atoms with Gasteiger partial charge in [-0.05, 0) is 19.1 Å². The first kappa shape index (κ1) is 16.6. The van der Waals surface area contributed by atoms with Gasteiger partial charge in [-0.15, -0.1) is 11.3 Å². The van der Waals surface area contributed by atoms with Gasteiger partial charge in [0.15, 0.2) is 0 Å².